The Labute approximate surface area is 287 Å². The first-order valence-electron chi connectivity index (χ1n) is 16.3. The highest BCUT2D eigenvalue weighted by Crippen LogP contribution is 2.48. The molecule has 3 heterocycles. The van der Waals surface area contributed by atoms with Gasteiger partial charge in [0.15, 0.2) is 0 Å². The number of hydrogen-bond donors (Lipinski definition) is 1. The van der Waals surface area contributed by atoms with Gasteiger partial charge in [-0.3, -0.25) is 4.90 Å². The minimum absolute atomic E-state index is 0.765. The quantitative estimate of drug-likeness (QED) is 0.167. The number of fused-ring (bicyclic) bond motifs is 2. The zero-order valence-corrected chi connectivity index (χ0v) is 28.8. The van der Waals surface area contributed by atoms with Crippen molar-refractivity contribution in [1.82, 2.24) is 15.0 Å². The normalized spacial score (nSPS) is 11.1. The molecule has 0 radical (unpaired) electrons. The van der Waals surface area contributed by atoms with E-state index in [2.05, 4.69) is 116 Å². The largest absolute Gasteiger partial charge is 0.378 e. The lowest BCUT2D eigenvalue weighted by atomic mass is 9.90. The van der Waals surface area contributed by atoms with Crippen molar-refractivity contribution in [3.63, 3.8) is 0 Å². The fourth-order valence-electron chi connectivity index (χ4n) is 6.24. The smallest absolute Gasteiger partial charge is 0.140 e. The van der Waals surface area contributed by atoms with Gasteiger partial charge in [-0.05, 0) is 51.9 Å². The third kappa shape index (κ3) is 6.16. The lowest BCUT2D eigenvalue weighted by Gasteiger charge is -2.29. The summed E-state index contributed by atoms with van der Waals surface area (Å²) >= 11 is 0. The van der Waals surface area contributed by atoms with Crippen LogP contribution < -0.4 is 24.9 Å². The summed E-state index contributed by atoms with van der Waals surface area (Å²) in [5.41, 5.74) is 7.19. The van der Waals surface area contributed by atoms with Gasteiger partial charge in [0.05, 0.1) is 5.69 Å². The van der Waals surface area contributed by atoms with Gasteiger partial charge >= 0.3 is 0 Å². The Hall–Kier alpha value is -6.15. The van der Waals surface area contributed by atoms with Crippen molar-refractivity contribution >= 4 is 67.4 Å². The summed E-state index contributed by atoms with van der Waals surface area (Å²) in [5, 5.41) is 8.24. The van der Waals surface area contributed by atoms with Crippen LogP contribution >= 0.6 is 0 Å². The minimum Gasteiger partial charge on any atom is -0.378 e. The molecule has 7 aromatic rings. The van der Waals surface area contributed by atoms with Crippen LogP contribution in [0.5, 0.6) is 0 Å². The van der Waals surface area contributed by atoms with E-state index in [1.165, 1.54) is 0 Å². The molecule has 0 amide bonds. The zero-order chi connectivity index (χ0) is 34.1. The second kappa shape index (κ2) is 13.2. The van der Waals surface area contributed by atoms with Crippen LogP contribution in [-0.4, -0.2) is 57.2 Å². The van der Waals surface area contributed by atoms with Gasteiger partial charge < -0.3 is 20.0 Å². The van der Waals surface area contributed by atoms with Crippen molar-refractivity contribution < 1.29 is 0 Å². The predicted octanol–water partition coefficient (Wildman–Crippen LogP) is 9.26. The van der Waals surface area contributed by atoms with Gasteiger partial charge in [-0.15, -0.1) is 0 Å². The maximum Gasteiger partial charge on any atom is 0.140 e. The van der Waals surface area contributed by atoms with Gasteiger partial charge in [0.25, 0.3) is 0 Å². The number of nitrogens with one attached hydrogen (secondary N) is 1. The highest BCUT2D eigenvalue weighted by atomic mass is 15.2. The Kier molecular flexibility index (Phi) is 8.45. The van der Waals surface area contributed by atoms with Crippen LogP contribution in [0, 0.1) is 0 Å². The molecule has 49 heavy (non-hydrogen) atoms. The first kappa shape index (κ1) is 31.4. The molecule has 0 saturated heterocycles. The first-order valence-corrected chi connectivity index (χ1v) is 16.3. The molecule has 0 aliphatic heterocycles. The Morgan fingerprint density at radius 1 is 0.469 bits per heavy atom. The molecule has 1 N–H and O–H groups in total. The Morgan fingerprint density at radius 3 is 1.53 bits per heavy atom. The third-order valence-corrected chi connectivity index (χ3v) is 8.80. The van der Waals surface area contributed by atoms with Gasteiger partial charge in [-0.25, -0.2) is 15.0 Å². The van der Waals surface area contributed by atoms with Crippen LogP contribution in [0.2, 0.25) is 0 Å². The van der Waals surface area contributed by atoms with Crippen LogP contribution in [0.25, 0.3) is 32.7 Å². The summed E-state index contributed by atoms with van der Waals surface area (Å²) in [7, 11) is 12.3. The number of aromatic nitrogens is 3. The van der Waals surface area contributed by atoms with E-state index in [0.29, 0.717) is 0 Å². The fraction of sp³-hybridized carbons (Fsp3) is 0.146. The molecule has 4 aromatic carbocycles. The van der Waals surface area contributed by atoms with E-state index in [0.717, 1.165) is 78.6 Å². The summed E-state index contributed by atoms with van der Waals surface area (Å²) in [6.07, 6.45) is 5.57. The lowest BCUT2D eigenvalue weighted by Crippen LogP contribution is -2.17. The fourth-order valence-corrected chi connectivity index (χ4v) is 6.24. The summed E-state index contributed by atoms with van der Waals surface area (Å²) in [6, 6.07) is 38.2. The average molecular weight is 645 g/mol. The molecule has 8 nitrogen and oxygen atoms in total. The van der Waals surface area contributed by atoms with Crippen LogP contribution in [0.4, 0.5) is 45.9 Å². The molecule has 0 spiro atoms. The molecule has 3 aromatic heterocycles. The highest BCUT2D eigenvalue weighted by Gasteiger charge is 2.25. The topological polar surface area (TPSA) is 63.7 Å². The number of anilines is 8. The molecule has 0 aliphatic carbocycles. The monoisotopic (exact) mass is 644 g/mol. The van der Waals surface area contributed by atoms with E-state index < -0.39 is 0 Å². The Balaban J connectivity index is 1.57. The third-order valence-electron chi connectivity index (χ3n) is 8.80. The molecular weight excluding hydrogens is 605 g/mol. The summed E-state index contributed by atoms with van der Waals surface area (Å²) in [5.74, 6) is 2.30. The summed E-state index contributed by atoms with van der Waals surface area (Å²) in [6.45, 7) is 0. The van der Waals surface area contributed by atoms with E-state index in [4.69, 9.17) is 15.0 Å². The zero-order valence-electron chi connectivity index (χ0n) is 28.8. The molecule has 0 unspecified atom stereocenters. The number of benzene rings is 4. The molecule has 7 rings (SSSR count). The van der Waals surface area contributed by atoms with E-state index in [1.807, 2.05) is 79.1 Å². The van der Waals surface area contributed by atoms with Crippen molar-refractivity contribution in [3.8, 4) is 11.1 Å². The number of pyridine rings is 3. The average Bonchev–Trinajstić information content (AvgIpc) is 3.12. The SMILES string of the molecule is CN(C)c1ccnc(Nc2ccc3ccccc3c2-c2c(N(c3cc(N(C)C)ccn3)c3cc(N(C)C)ccn3)ccc3ccccc23)c1. The second-order valence-corrected chi connectivity index (χ2v) is 12.7. The number of hydrogen-bond acceptors (Lipinski definition) is 8. The first-order chi connectivity index (χ1) is 23.8. The molecule has 0 saturated carbocycles. The molecule has 0 fully saturated rings. The van der Waals surface area contributed by atoms with Crippen LogP contribution in [0.1, 0.15) is 0 Å². The number of rotatable bonds is 9. The van der Waals surface area contributed by atoms with Gasteiger partial charge in [-0.2, -0.15) is 0 Å². The molecule has 8 heteroatoms. The standard InChI is InChI=1S/C41H40N8/c1-46(2)30-19-22-42-37(25-30)45-35-17-15-28-11-7-9-13-33(28)40(35)41-34-14-10-8-12-29(34)16-18-36(41)49(38-26-31(47(3)4)20-23-43-38)39-27-32(48(5)6)21-24-44-39/h7-27H,1-6H3,(H,42,45). The van der Waals surface area contributed by atoms with Crippen LogP contribution in [0.3, 0.4) is 0 Å². The lowest BCUT2D eigenvalue weighted by molar-refractivity contribution is 1.08. The van der Waals surface area contributed by atoms with Gasteiger partial charge in [0.2, 0.25) is 0 Å². The van der Waals surface area contributed by atoms with Crippen molar-refractivity contribution in [2.45, 2.75) is 0 Å². The predicted molar refractivity (Wildman–Crippen MR) is 208 cm³/mol. The minimum atomic E-state index is 0.765. The summed E-state index contributed by atoms with van der Waals surface area (Å²) in [4.78, 5) is 23.1. The second-order valence-electron chi connectivity index (χ2n) is 12.7. The van der Waals surface area contributed by atoms with E-state index in [9.17, 15) is 0 Å². The van der Waals surface area contributed by atoms with Crippen LogP contribution in [-0.2, 0) is 0 Å². The van der Waals surface area contributed by atoms with E-state index in [1.54, 1.807) is 0 Å². The summed E-state index contributed by atoms with van der Waals surface area (Å²) < 4.78 is 0. The van der Waals surface area contributed by atoms with Gasteiger partial charge in [0, 0.05) is 113 Å². The van der Waals surface area contributed by atoms with Gasteiger partial charge in [0.1, 0.15) is 17.5 Å². The molecular formula is C41H40N8. The van der Waals surface area contributed by atoms with Crippen LogP contribution in [0.15, 0.2) is 128 Å². The highest BCUT2D eigenvalue weighted by molar-refractivity contribution is 6.15. The molecule has 0 bridgehead atoms. The maximum atomic E-state index is 4.96. The van der Waals surface area contributed by atoms with Crippen molar-refractivity contribution in [3.05, 3.63) is 128 Å². The molecule has 0 atom stereocenters. The molecule has 0 aliphatic rings. The van der Waals surface area contributed by atoms with Crippen molar-refractivity contribution in [1.29, 1.82) is 0 Å². The van der Waals surface area contributed by atoms with E-state index in [-0.39, 0.29) is 0 Å². The van der Waals surface area contributed by atoms with E-state index >= 15 is 0 Å². The Morgan fingerprint density at radius 2 is 0.959 bits per heavy atom. The Bertz CT molecular complexity index is 2230. The van der Waals surface area contributed by atoms with Gasteiger partial charge in [-0.1, -0.05) is 60.7 Å². The maximum absolute atomic E-state index is 4.96. The number of nitrogens with zero attached hydrogens (tertiary/aromatic N) is 7. The van der Waals surface area contributed by atoms with Crippen molar-refractivity contribution in [2.75, 3.05) is 67.2 Å². The van der Waals surface area contributed by atoms with Crippen molar-refractivity contribution in [2.24, 2.45) is 0 Å². The molecule has 244 valence electrons.